The van der Waals surface area contributed by atoms with Crippen molar-refractivity contribution < 1.29 is 33.8 Å². The average molecular weight is 600 g/mol. The molecule has 0 fully saturated rings. The van der Waals surface area contributed by atoms with Crippen LogP contribution in [-0.4, -0.2) is 0 Å². The van der Waals surface area contributed by atoms with E-state index in [2.05, 4.69) is 26.8 Å². The molecule has 1 aromatic rings. The Labute approximate surface area is 251 Å². The summed E-state index contributed by atoms with van der Waals surface area (Å²) in [6.07, 6.45) is 30.2. The number of aryl methyl sites for hydroxylation is 1. The molecule has 0 aliphatic rings. The van der Waals surface area contributed by atoms with Crippen LogP contribution in [0.5, 0.6) is 5.75 Å². The number of benzene rings is 1. The van der Waals surface area contributed by atoms with Gasteiger partial charge in [0.1, 0.15) is 5.75 Å². The molecule has 0 amide bonds. The third-order valence-corrected chi connectivity index (χ3v) is 8.11. The van der Waals surface area contributed by atoms with E-state index in [0.717, 1.165) is 25.7 Å². The largest absolute Gasteiger partial charge is 2.00 e. The molecule has 0 aliphatic heterocycles. The standard InChI is InChI=1S/C33H59O3P.Zn/c1-4-7-10-13-16-19-22-25-30-28-29-33(36-37(34)35)32(27-24-21-18-15-12-9-6-3)31(30)26-23-20-17-14-11-8-5-2;/h28-29H,4-27H2,1-3H3;/q-2;+2. The molecule has 0 bridgehead atoms. The Bertz CT molecular complexity index is 653. The zero-order valence-corrected chi connectivity index (χ0v) is 29.4. The summed E-state index contributed by atoms with van der Waals surface area (Å²) in [5.41, 5.74) is 4.02. The van der Waals surface area contributed by atoms with Crippen molar-refractivity contribution in [2.75, 3.05) is 0 Å². The van der Waals surface area contributed by atoms with E-state index in [9.17, 15) is 9.79 Å². The summed E-state index contributed by atoms with van der Waals surface area (Å²) >= 11 is 0. The SMILES string of the molecule is CCCCCCCCCc1ccc(OP([O-])[O-])c(CCCCCCCCC)c1CCCCCCCCC.[Zn+2]. The Hall–Kier alpha value is -0.00662. The summed E-state index contributed by atoms with van der Waals surface area (Å²) in [7, 11) is -2.89. The van der Waals surface area contributed by atoms with Gasteiger partial charge >= 0.3 is 19.5 Å². The molecule has 0 saturated carbocycles. The summed E-state index contributed by atoms with van der Waals surface area (Å²) in [5.74, 6) is 0.586. The molecule has 0 heterocycles. The minimum Gasteiger partial charge on any atom is -0.810 e. The van der Waals surface area contributed by atoms with Crippen molar-refractivity contribution in [2.45, 2.75) is 175 Å². The van der Waals surface area contributed by atoms with Gasteiger partial charge in [0.25, 0.3) is 0 Å². The zero-order chi connectivity index (χ0) is 27.0. The van der Waals surface area contributed by atoms with E-state index >= 15 is 0 Å². The summed E-state index contributed by atoms with van der Waals surface area (Å²) in [6.45, 7) is 6.80. The van der Waals surface area contributed by atoms with Gasteiger partial charge < -0.3 is 14.3 Å². The number of hydrogen-bond acceptors (Lipinski definition) is 3. The van der Waals surface area contributed by atoms with Crippen LogP contribution < -0.4 is 14.3 Å². The molecule has 0 aliphatic carbocycles. The normalized spacial score (nSPS) is 11.2. The zero-order valence-electron chi connectivity index (χ0n) is 25.5. The van der Waals surface area contributed by atoms with Gasteiger partial charge in [-0.05, 0) is 61.3 Å². The van der Waals surface area contributed by atoms with Crippen LogP contribution in [0.2, 0.25) is 0 Å². The van der Waals surface area contributed by atoms with Crippen LogP contribution in [-0.2, 0) is 38.7 Å². The van der Waals surface area contributed by atoms with Crippen molar-refractivity contribution in [3.05, 3.63) is 28.8 Å². The van der Waals surface area contributed by atoms with Gasteiger partial charge in [-0.3, -0.25) is 0 Å². The average Bonchev–Trinajstić information content (AvgIpc) is 2.88. The third-order valence-electron chi connectivity index (χ3n) is 7.77. The summed E-state index contributed by atoms with van der Waals surface area (Å²) in [6, 6.07) is 4.10. The molecular weight excluding hydrogens is 541 g/mol. The van der Waals surface area contributed by atoms with Crippen LogP contribution in [0.4, 0.5) is 0 Å². The molecule has 3 nitrogen and oxygen atoms in total. The Kier molecular flexibility index (Phi) is 27.2. The smallest absolute Gasteiger partial charge is 0.810 e. The Balaban J connectivity index is 0.0000137. The fraction of sp³-hybridized carbons (Fsp3) is 0.818. The fourth-order valence-electron chi connectivity index (χ4n) is 5.50. The first-order chi connectivity index (χ1) is 18.1. The molecule has 1 rings (SSSR count). The molecule has 0 N–H and O–H groups in total. The van der Waals surface area contributed by atoms with Crippen LogP contribution in [0.3, 0.4) is 0 Å². The number of unbranched alkanes of at least 4 members (excludes halogenated alkanes) is 18. The van der Waals surface area contributed by atoms with Gasteiger partial charge in [-0.25, -0.2) is 0 Å². The van der Waals surface area contributed by atoms with Crippen molar-refractivity contribution in [3.8, 4) is 5.75 Å². The van der Waals surface area contributed by atoms with Crippen LogP contribution >= 0.6 is 8.60 Å². The first-order valence-electron chi connectivity index (χ1n) is 16.1. The van der Waals surface area contributed by atoms with Crippen molar-refractivity contribution in [2.24, 2.45) is 0 Å². The van der Waals surface area contributed by atoms with E-state index in [1.54, 1.807) is 0 Å². The van der Waals surface area contributed by atoms with E-state index in [1.807, 2.05) is 6.07 Å². The molecule has 0 saturated heterocycles. The van der Waals surface area contributed by atoms with Crippen LogP contribution in [0.1, 0.15) is 172 Å². The minimum atomic E-state index is -2.89. The van der Waals surface area contributed by atoms with Crippen molar-refractivity contribution >= 4 is 8.60 Å². The Morgan fingerprint density at radius 1 is 0.500 bits per heavy atom. The van der Waals surface area contributed by atoms with Crippen molar-refractivity contribution in [1.29, 1.82) is 0 Å². The number of hydrogen-bond donors (Lipinski definition) is 0. The third kappa shape index (κ3) is 19.1. The molecule has 38 heavy (non-hydrogen) atoms. The molecule has 0 unspecified atom stereocenters. The van der Waals surface area contributed by atoms with E-state index in [0.29, 0.717) is 5.75 Å². The predicted molar refractivity (Wildman–Crippen MR) is 159 cm³/mol. The van der Waals surface area contributed by atoms with E-state index < -0.39 is 8.60 Å². The topological polar surface area (TPSA) is 55.3 Å². The predicted octanol–water partition coefficient (Wildman–Crippen LogP) is 9.89. The second kappa shape index (κ2) is 27.2. The second-order valence-electron chi connectivity index (χ2n) is 11.1. The van der Waals surface area contributed by atoms with Crippen LogP contribution in [0.15, 0.2) is 12.1 Å². The molecule has 1 aromatic carbocycles. The number of rotatable bonds is 26. The van der Waals surface area contributed by atoms with Gasteiger partial charge in [-0.15, -0.1) is 0 Å². The van der Waals surface area contributed by atoms with Gasteiger partial charge in [0.15, 0.2) is 0 Å². The van der Waals surface area contributed by atoms with Crippen LogP contribution in [0.25, 0.3) is 0 Å². The van der Waals surface area contributed by atoms with E-state index in [-0.39, 0.29) is 19.5 Å². The fourth-order valence-corrected chi connectivity index (χ4v) is 5.83. The second-order valence-corrected chi connectivity index (χ2v) is 11.7. The molecule has 216 valence electrons. The monoisotopic (exact) mass is 598 g/mol. The molecule has 0 spiro atoms. The molecule has 0 atom stereocenters. The van der Waals surface area contributed by atoms with Gasteiger partial charge in [0, 0.05) is 0 Å². The van der Waals surface area contributed by atoms with E-state index in [1.165, 1.54) is 145 Å². The maximum atomic E-state index is 11.5. The van der Waals surface area contributed by atoms with Gasteiger partial charge in [0.05, 0.1) is 0 Å². The maximum absolute atomic E-state index is 11.5. The maximum Gasteiger partial charge on any atom is 2.00 e. The minimum absolute atomic E-state index is 0. The quantitative estimate of drug-likeness (QED) is 0.0605. The van der Waals surface area contributed by atoms with Gasteiger partial charge in [-0.2, -0.15) is 0 Å². The first-order valence-corrected chi connectivity index (χ1v) is 17.2. The molecular formula is C33H59O3PZn. The Morgan fingerprint density at radius 2 is 0.868 bits per heavy atom. The van der Waals surface area contributed by atoms with Gasteiger partial charge in [-0.1, -0.05) is 151 Å². The van der Waals surface area contributed by atoms with Crippen LogP contribution in [0, 0.1) is 0 Å². The molecule has 0 aromatic heterocycles. The van der Waals surface area contributed by atoms with Gasteiger partial charge in [0.2, 0.25) is 0 Å². The first kappa shape index (κ1) is 38.0. The summed E-state index contributed by atoms with van der Waals surface area (Å²) in [4.78, 5) is 23.0. The van der Waals surface area contributed by atoms with E-state index in [4.69, 9.17) is 4.52 Å². The van der Waals surface area contributed by atoms with Crippen molar-refractivity contribution in [3.63, 3.8) is 0 Å². The molecule has 5 heteroatoms. The Morgan fingerprint density at radius 3 is 1.29 bits per heavy atom. The molecule has 0 radical (unpaired) electrons. The summed E-state index contributed by atoms with van der Waals surface area (Å²) < 4.78 is 5.36. The van der Waals surface area contributed by atoms with Crippen molar-refractivity contribution in [1.82, 2.24) is 0 Å². The summed E-state index contributed by atoms with van der Waals surface area (Å²) in [5, 5.41) is 0.